The first-order chi connectivity index (χ1) is 8.54. The second kappa shape index (κ2) is 5.35. The largest absolute Gasteiger partial charge is 0.299 e. The second-order valence-corrected chi connectivity index (χ2v) is 7.64. The SMILES string of the molecule is CC(=O)CNS(=O)(=O)c1cc(S(C)(=O)=O)ccc1F. The number of sulfonamides is 1. The highest BCUT2D eigenvalue weighted by Crippen LogP contribution is 2.19. The van der Waals surface area contributed by atoms with Crippen LogP contribution in [0.5, 0.6) is 0 Å². The van der Waals surface area contributed by atoms with E-state index in [0.29, 0.717) is 6.07 Å². The van der Waals surface area contributed by atoms with Crippen molar-refractivity contribution in [2.24, 2.45) is 0 Å². The molecule has 0 amide bonds. The Labute approximate surface area is 110 Å². The number of benzene rings is 1. The molecule has 0 heterocycles. The molecule has 0 aliphatic heterocycles. The van der Waals surface area contributed by atoms with Crippen molar-refractivity contribution < 1.29 is 26.0 Å². The van der Waals surface area contributed by atoms with Gasteiger partial charge >= 0.3 is 0 Å². The Balaban J connectivity index is 3.30. The zero-order chi connectivity index (χ0) is 14.8. The quantitative estimate of drug-likeness (QED) is 0.778. The third-order valence-electron chi connectivity index (χ3n) is 2.13. The number of ketones is 1. The van der Waals surface area contributed by atoms with Gasteiger partial charge in [0.2, 0.25) is 10.0 Å². The minimum atomic E-state index is -4.28. The van der Waals surface area contributed by atoms with Crippen LogP contribution in [-0.2, 0) is 24.7 Å². The van der Waals surface area contributed by atoms with E-state index >= 15 is 0 Å². The number of carbonyl (C=O) groups is 1. The molecule has 1 N–H and O–H groups in total. The molecule has 1 aromatic rings. The van der Waals surface area contributed by atoms with Crippen molar-refractivity contribution in [3.8, 4) is 0 Å². The molecule has 1 aromatic carbocycles. The maximum absolute atomic E-state index is 13.5. The average molecular weight is 309 g/mol. The van der Waals surface area contributed by atoms with Crippen LogP contribution in [0.3, 0.4) is 0 Å². The van der Waals surface area contributed by atoms with Gasteiger partial charge < -0.3 is 0 Å². The maximum Gasteiger partial charge on any atom is 0.243 e. The molecule has 106 valence electrons. The summed E-state index contributed by atoms with van der Waals surface area (Å²) < 4.78 is 61.4. The molecule has 0 bridgehead atoms. The molecule has 0 aromatic heterocycles. The first kappa shape index (κ1) is 15.7. The Morgan fingerprint density at radius 3 is 2.32 bits per heavy atom. The van der Waals surface area contributed by atoms with Crippen molar-refractivity contribution >= 4 is 25.6 Å². The molecular weight excluding hydrogens is 297 g/mol. The van der Waals surface area contributed by atoms with Gasteiger partial charge in [0.05, 0.1) is 11.4 Å². The first-order valence-electron chi connectivity index (χ1n) is 5.03. The predicted molar refractivity (Wildman–Crippen MR) is 65.4 cm³/mol. The van der Waals surface area contributed by atoms with Gasteiger partial charge in [0.1, 0.15) is 16.5 Å². The first-order valence-corrected chi connectivity index (χ1v) is 8.40. The molecule has 0 fully saturated rings. The van der Waals surface area contributed by atoms with Crippen LogP contribution in [0.1, 0.15) is 6.92 Å². The number of carbonyl (C=O) groups excluding carboxylic acids is 1. The summed E-state index contributed by atoms with van der Waals surface area (Å²) in [6.45, 7) is 0.663. The van der Waals surface area contributed by atoms with Crippen molar-refractivity contribution in [1.82, 2.24) is 4.72 Å². The Morgan fingerprint density at radius 2 is 1.84 bits per heavy atom. The molecule has 0 aliphatic rings. The summed E-state index contributed by atoms with van der Waals surface area (Å²) >= 11 is 0. The summed E-state index contributed by atoms with van der Waals surface area (Å²) in [7, 11) is -7.94. The third-order valence-corrected chi connectivity index (χ3v) is 4.66. The zero-order valence-electron chi connectivity index (χ0n) is 10.2. The van der Waals surface area contributed by atoms with E-state index in [1.165, 1.54) is 0 Å². The number of nitrogens with one attached hydrogen (secondary N) is 1. The number of rotatable bonds is 5. The smallest absolute Gasteiger partial charge is 0.243 e. The number of hydrogen-bond acceptors (Lipinski definition) is 5. The fourth-order valence-electron chi connectivity index (χ4n) is 1.19. The molecule has 0 radical (unpaired) electrons. The Kier molecular flexibility index (Phi) is 4.43. The highest BCUT2D eigenvalue weighted by Gasteiger charge is 2.22. The van der Waals surface area contributed by atoms with Crippen LogP contribution >= 0.6 is 0 Å². The summed E-state index contributed by atoms with van der Waals surface area (Å²) in [5.41, 5.74) is 0. The van der Waals surface area contributed by atoms with Gasteiger partial charge in [-0.15, -0.1) is 0 Å². The van der Waals surface area contributed by atoms with E-state index in [2.05, 4.69) is 0 Å². The van der Waals surface area contributed by atoms with Crippen molar-refractivity contribution in [3.05, 3.63) is 24.0 Å². The lowest BCUT2D eigenvalue weighted by Gasteiger charge is -2.07. The van der Waals surface area contributed by atoms with Crippen LogP contribution in [-0.4, -0.2) is 35.4 Å². The summed E-state index contributed by atoms with van der Waals surface area (Å²) in [4.78, 5) is 9.59. The molecule has 0 saturated heterocycles. The van der Waals surface area contributed by atoms with Gasteiger partial charge in [-0.05, 0) is 25.1 Å². The topological polar surface area (TPSA) is 97.4 Å². The van der Waals surface area contributed by atoms with E-state index in [0.717, 1.165) is 25.3 Å². The van der Waals surface area contributed by atoms with Gasteiger partial charge in [-0.2, -0.15) is 0 Å². The number of sulfone groups is 1. The molecule has 0 unspecified atom stereocenters. The third kappa shape index (κ3) is 4.08. The standard InChI is InChI=1S/C10H12FNO5S2/c1-7(13)6-12-19(16,17)10-5-8(18(2,14)15)3-4-9(10)11/h3-5,12H,6H2,1-2H3. The minimum Gasteiger partial charge on any atom is -0.299 e. The second-order valence-electron chi connectivity index (χ2n) is 3.89. The normalized spacial score (nSPS) is 12.4. The lowest BCUT2D eigenvalue weighted by Crippen LogP contribution is -2.29. The molecule has 0 aliphatic carbocycles. The molecule has 19 heavy (non-hydrogen) atoms. The van der Waals surface area contributed by atoms with Crippen molar-refractivity contribution in [2.45, 2.75) is 16.7 Å². The van der Waals surface area contributed by atoms with Gasteiger partial charge in [0, 0.05) is 6.26 Å². The van der Waals surface area contributed by atoms with Gasteiger partial charge in [0.15, 0.2) is 9.84 Å². The molecule has 6 nitrogen and oxygen atoms in total. The number of halogens is 1. The molecule has 0 spiro atoms. The fourth-order valence-corrected chi connectivity index (χ4v) is 3.07. The molecule has 0 atom stereocenters. The van der Waals surface area contributed by atoms with Gasteiger partial charge in [0.25, 0.3) is 0 Å². The molecular formula is C10H12FNO5S2. The Morgan fingerprint density at radius 1 is 1.26 bits per heavy atom. The Hall–Kier alpha value is -1.32. The van der Waals surface area contributed by atoms with Crippen LogP contribution in [0.4, 0.5) is 4.39 Å². The van der Waals surface area contributed by atoms with E-state index in [-0.39, 0.29) is 4.90 Å². The lowest BCUT2D eigenvalue weighted by atomic mass is 10.3. The van der Waals surface area contributed by atoms with Crippen LogP contribution in [0.2, 0.25) is 0 Å². The van der Waals surface area contributed by atoms with Crippen LogP contribution in [0.25, 0.3) is 0 Å². The van der Waals surface area contributed by atoms with E-state index in [1.807, 2.05) is 4.72 Å². The number of hydrogen-bond donors (Lipinski definition) is 1. The van der Waals surface area contributed by atoms with Crippen LogP contribution in [0.15, 0.2) is 28.0 Å². The summed E-state index contributed by atoms with van der Waals surface area (Å²) in [6, 6.07) is 2.43. The van der Waals surface area contributed by atoms with Gasteiger partial charge in [-0.25, -0.2) is 25.9 Å². The van der Waals surface area contributed by atoms with Crippen molar-refractivity contribution in [3.63, 3.8) is 0 Å². The highest BCUT2D eigenvalue weighted by atomic mass is 32.2. The van der Waals surface area contributed by atoms with Gasteiger partial charge in [-0.1, -0.05) is 0 Å². The number of Topliss-reactive ketones (excluding diaryl/α,β-unsaturated/α-hetero) is 1. The zero-order valence-corrected chi connectivity index (χ0v) is 11.8. The average Bonchev–Trinajstić information content (AvgIpc) is 2.25. The van der Waals surface area contributed by atoms with Gasteiger partial charge in [-0.3, -0.25) is 4.79 Å². The summed E-state index contributed by atoms with van der Waals surface area (Å²) in [5, 5.41) is 0. The predicted octanol–water partition coefficient (Wildman–Crippen LogP) is 0.0965. The molecule has 9 heteroatoms. The maximum atomic E-state index is 13.5. The van der Waals surface area contributed by atoms with Crippen LogP contribution in [0, 0.1) is 5.82 Å². The van der Waals surface area contributed by atoms with E-state index in [9.17, 15) is 26.0 Å². The lowest BCUT2D eigenvalue weighted by molar-refractivity contribution is -0.115. The molecule has 0 saturated carbocycles. The van der Waals surface area contributed by atoms with E-state index in [1.54, 1.807) is 0 Å². The Bertz CT molecular complexity index is 709. The van der Waals surface area contributed by atoms with Crippen molar-refractivity contribution in [1.29, 1.82) is 0 Å². The minimum absolute atomic E-state index is 0.322. The molecule has 1 rings (SSSR count). The summed E-state index contributed by atoms with van der Waals surface area (Å²) in [5.74, 6) is -1.55. The highest BCUT2D eigenvalue weighted by molar-refractivity contribution is 7.91. The van der Waals surface area contributed by atoms with E-state index < -0.39 is 42.9 Å². The summed E-state index contributed by atoms with van der Waals surface area (Å²) in [6.07, 6.45) is 0.875. The van der Waals surface area contributed by atoms with E-state index in [4.69, 9.17) is 0 Å². The monoisotopic (exact) mass is 309 g/mol. The van der Waals surface area contributed by atoms with Crippen LogP contribution < -0.4 is 4.72 Å². The van der Waals surface area contributed by atoms with Crippen molar-refractivity contribution in [2.75, 3.05) is 12.8 Å². The fraction of sp³-hybridized carbons (Fsp3) is 0.300.